The first-order chi connectivity index (χ1) is 9.60. The number of rotatable bonds is 5. The number of ether oxygens (including phenoxy) is 1. The number of hydrogen-bond donors (Lipinski definition) is 1. The molecule has 21 heavy (non-hydrogen) atoms. The zero-order valence-corrected chi connectivity index (χ0v) is 15.2. The topological polar surface area (TPSA) is 41.6 Å². The van der Waals surface area contributed by atoms with Gasteiger partial charge >= 0.3 is 0 Å². The lowest BCUT2D eigenvalue weighted by Gasteiger charge is -2.22. The monoisotopic (exact) mass is 356 g/mol. The van der Waals surface area contributed by atoms with Gasteiger partial charge in [-0.1, -0.05) is 15.9 Å². The summed E-state index contributed by atoms with van der Waals surface area (Å²) >= 11 is 3.55. The standard InChI is InChI=1S/C16H25BrN2O2/c1-11(15(20)19(5)6)21-13-7-8-14(17)12(9-13)10-18-16(2,3)4/h7-9,11,18H,10H2,1-6H3. The van der Waals surface area contributed by atoms with Crippen LogP contribution in [0.2, 0.25) is 0 Å². The first kappa shape index (κ1) is 18.0. The van der Waals surface area contributed by atoms with E-state index in [1.165, 1.54) is 4.90 Å². The smallest absolute Gasteiger partial charge is 0.262 e. The van der Waals surface area contributed by atoms with Gasteiger partial charge in [0, 0.05) is 30.7 Å². The maximum absolute atomic E-state index is 11.8. The van der Waals surface area contributed by atoms with Gasteiger partial charge in [0.15, 0.2) is 6.10 Å². The molecule has 1 amide bonds. The van der Waals surface area contributed by atoms with Gasteiger partial charge in [0.05, 0.1) is 0 Å². The third kappa shape index (κ3) is 6.06. The van der Waals surface area contributed by atoms with Gasteiger partial charge in [-0.05, 0) is 51.5 Å². The molecule has 1 rings (SSSR count). The van der Waals surface area contributed by atoms with Crippen LogP contribution in [0.5, 0.6) is 5.75 Å². The predicted octanol–water partition coefficient (Wildman–Crippen LogP) is 3.19. The van der Waals surface area contributed by atoms with Crippen LogP contribution in [0.25, 0.3) is 0 Å². The van der Waals surface area contributed by atoms with Crippen LogP contribution in [0.15, 0.2) is 22.7 Å². The van der Waals surface area contributed by atoms with Gasteiger partial charge in [-0.15, -0.1) is 0 Å². The van der Waals surface area contributed by atoms with Gasteiger partial charge in [0.25, 0.3) is 5.91 Å². The quantitative estimate of drug-likeness (QED) is 0.880. The van der Waals surface area contributed by atoms with Crippen molar-refractivity contribution in [2.24, 2.45) is 0 Å². The molecule has 1 unspecified atom stereocenters. The van der Waals surface area contributed by atoms with Crippen molar-refractivity contribution in [1.29, 1.82) is 0 Å². The first-order valence-corrected chi connectivity index (χ1v) is 7.81. The number of halogens is 1. The molecule has 0 aliphatic heterocycles. The summed E-state index contributed by atoms with van der Waals surface area (Å²) in [6, 6.07) is 5.77. The maximum atomic E-state index is 11.8. The molecule has 0 saturated carbocycles. The SMILES string of the molecule is CC(Oc1ccc(Br)c(CNC(C)(C)C)c1)C(=O)N(C)C. The molecular weight excluding hydrogens is 332 g/mol. The summed E-state index contributed by atoms with van der Waals surface area (Å²) < 4.78 is 6.75. The van der Waals surface area contributed by atoms with Gasteiger partial charge in [-0.3, -0.25) is 4.79 Å². The molecule has 4 nitrogen and oxygen atoms in total. The van der Waals surface area contributed by atoms with Crippen LogP contribution >= 0.6 is 15.9 Å². The molecule has 0 fully saturated rings. The second-order valence-electron chi connectivity index (χ2n) is 6.35. The maximum Gasteiger partial charge on any atom is 0.262 e. The van der Waals surface area contributed by atoms with Crippen molar-refractivity contribution in [1.82, 2.24) is 10.2 Å². The number of nitrogens with one attached hydrogen (secondary N) is 1. The Morgan fingerprint density at radius 2 is 2.00 bits per heavy atom. The van der Waals surface area contributed by atoms with Gasteiger partial charge in [-0.2, -0.15) is 0 Å². The minimum absolute atomic E-state index is 0.0461. The third-order valence-corrected chi connectivity index (χ3v) is 3.70. The van der Waals surface area contributed by atoms with Crippen molar-refractivity contribution >= 4 is 21.8 Å². The molecule has 0 aromatic heterocycles. The Labute approximate surface area is 136 Å². The first-order valence-electron chi connectivity index (χ1n) is 7.01. The van der Waals surface area contributed by atoms with Crippen molar-refractivity contribution in [3.8, 4) is 5.75 Å². The van der Waals surface area contributed by atoms with E-state index >= 15 is 0 Å². The largest absolute Gasteiger partial charge is 0.481 e. The molecule has 1 atom stereocenters. The lowest BCUT2D eigenvalue weighted by atomic mass is 10.1. The summed E-state index contributed by atoms with van der Waals surface area (Å²) in [5.74, 6) is 0.652. The number of amides is 1. The fourth-order valence-electron chi connectivity index (χ4n) is 1.74. The van der Waals surface area contributed by atoms with Gasteiger partial charge in [0.1, 0.15) is 5.75 Å². The average molecular weight is 357 g/mol. The Kier molecular flexibility index (Phi) is 6.23. The normalized spacial score (nSPS) is 12.9. The van der Waals surface area contributed by atoms with E-state index in [1.807, 2.05) is 18.2 Å². The Morgan fingerprint density at radius 1 is 1.38 bits per heavy atom. The molecule has 1 aromatic carbocycles. The molecule has 118 valence electrons. The third-order valence-electron chi connectivity index (χ3n) is 2.93. The molecule has 0 spiro atoms. The van der Waals surface area contributed by atoms with E-state index in [4.69, 9.17) is 4.74 Å². The molecule has 5 heteroatoms. The van der Waals surface area contributed by atoms with Gasteiger partial charge in [0.2, 0.25) is 0 Å². The molecule has 0 radical (unpaired) electrons. The van der Waals surface area contributed by atoms with E-state index in [1.54, 1.807) is 21.0 Å². The molecule has 0 saturated heterocycles. The summed E-state index contributed by atoms with van der Waals surface area (Å²) in [5.41, 5.74) is 1.15. The fourth-order valence-corrected chi connectivity index (χ4v) is 2.13. The molecular formula is C16H25BrN2O2. The van der Waals surface area contributed by atoms with Crippen LogP contribution < -0.4 is 10.1 Å². The highest BCUT2D eigenvalue weighted by Crippen LogP contribution is 2.24. The number of hydrogen-bond acceptors (Lipinski definition) is 3. The number of benzene rings is 1. The predicted molar refractivity (Wildman–Crippen MR) is 89.5 cm³/mol. The second-order valence-corrected chi connectivity index (χ2v) is 7.20. The van der Waals surface area contributed by atoms with Crippen LogP contribution in [0, 0.1) is 0 Å². The summed E-state index contributed by atoms with van der Waals surface area (Å²) in [4.78, 5) is 13.4. The molecule has 1 N–H and O–H groups in total. The number of carbonyl (C=O) groups is 1. The summed E-state index contributed by atoms with van der Waals surface area (Å²) in [6.45, 7) is 8.87. The lowest BCUT2D eigenvalue weighted by Crippen LogP contribution is -2.35. The lowest BCUT2D eigenvalue weighted by molar-refractivity contribution is -0.135. The average Bonchev–Trinajstić information content (AvgIpc) is 2.37. The zero-order valence-electron chi connectivity index (χ0n) is 13.7. The van der Waals surface area contributed by atoms with Crippen molar-refractivity contribution in [3.63, 3.8) is 0 Å². The summed E-state index contributed by atoms with van der Waals surface area (Å²) in [7, 11) is 3.45. The van der Waals surface area contributed by atoms with Gasteiger partial charge in [-0.25, -0.2) is 0 Å². The minimum atomic E-state index is -0.496. The Hall–Kier alpha value is -1.07. The van der Waals surface area contributed by atoms with Crippen molar-refractivity contribution < 1.29 is 9.53 Å². The minimum Gasteiger partial charge on any atom is -0.481 e. The Morgan fingerprint density at radius 3 is 2.52 bits per heavy atom. The van der Waals surface area contributed by atoms with E-state index < -0.39 is 6.10 Å². The van der Waals surface area contributed by atoms with Crippen LogP contribution in [0.1, 0.15) is 33.3 Å². The van der Waals surface area contributed by atoms with E-state index in [2.05, 4.69) is 42.0 Å². The van der Waals surface area contributed by atoms with E-state index in [-0.39, 0.29) is 11.4 Å². The number of nitrogens with zero attached hydrogens (tertiary/aromatic N) is 1. The van der Waals surface area contributed by atoms with Crippen LogP contribution in [-0.4, -0.2) is 36.5 Å². The molecule has 0 aliphatic rings. The van der Waals surface area contributed by atoms with E-state index in [0.29, 0.717) is 5.75 Å². The van der Waals surface area contributed by atoms with Crippen molar-refractivity contribution in [3.05, 3.63) is 28.2 Å². The fraction of sp³-hybridized carbons (Fsp3) is 0.562. The molecule has 0 aliphatic carbocycles. The van der Waals surface area contributed by atoms with Crippen LogP contribution in [-0.2, 0) is 11.3 Å². The van der Waals surface area contributed by atoms with E-state index in [9.17, 15) is 4.79 Å². The number of carbonyl (C=O) groups excluding carboxylic acids is 1. The highest BCUT2D eigenvalue weighted by molar-refractivity contribution is 9.10. The van der Waals surface area contributed by atoms with Crippen LogP contribution in [0.3, 0.4) is 0 Å². The molecule has 0 bridgehead atoms. The van der Waals surface area contributed by atoms with Crippen molar-refractivity contribution in [2.45, 2.75) is 45.9 Å². The van der Waals surface area contributed by atoms with Gasteiger partial charge < -0.3 is 15.0 Å². The molecule has 0 heterocycles. The Bertz CT molecular complexity index is 496. The zero-order chi connectivity index (χ0) is 16.2. The highest BCUT2D eigenvalue weighted by atomic mass is 79.9. The Balaban J connectivity index is 2.79. The van der Waals surface area contributed by atoms with Crippen molar-refractivity contribution in [2.75, 3.05) is 14.1 Å². The summed E-state index contributed by atoms with van der Waals surface area (Å²) in [5, 5.41) is 3.44. The highest BCUT2D eigenvalue weighted by Gasteiger charge is 2.17. The van der Waals surface area contributed by atoms with Crippen LogP contribution in [0.4, 0.5) is 0 Å². The van der Waals surface area contributed by atoms with E-state index in [0.717, 1.165) is 16.6 Å². The molecule has 1 aromatic rings. The second kappa shape index (κ2) is 7.27. The summed E-state index contributed by atoms with van der Waals surface area (Å²) in [6.07, 6.45) is -0.496. The number of likely N-dealkylation sites (N-methyl/N-ethyl adjacent to an activating group) is 1.